The van der Waals surface area contributed by atoms with Crippen LogP contribution in [-0.4, -0.2) is 109 Å². The molecule has 14 heteroatoms. The van der Waals surface area contributed by atoms with Crippen LogP contribution in [0.15, 0.2) is 30.3 Å². The average Bonchev–Trinajstić information content (AvgIpc) is 2.89. The molecule has 0 saturated carbocycles. The van der Waals surface area contributed by atoms with E-state index in [0.29, 0.717) is 0 Å². The first-order chi connectivity index (χ1) is 17.5. The third-order valence-corrected chi connectivity index (χ3v) is 5.68. The third-order valence-electron chi connectivity index (χ3n) is 5.68. The Kier molecular flexibility index (Phi) is 8.98. The predicted molar refractivity (Wildman–Crippen MR) is 120 cm³/mol. The Morgan fingerprint density at radius 3 is 2.22 bits per heavy atom. The molecule has 2 aromatic carbocycles. The second-order valence-electron chi connectivity index (χ2n) is 8.20. The zero-order valence-electron chi connectivity index (χ0n) is 19.4. The molecule has 37 heavy (non-hydrogen) atoms. The number of aliphatic hydroxyl groups excluding tert-OH is 6. The fourth-order valence-corrected chi connectivity index (χ4v) is 3.53. The molecular formula is C23H28O14. The second-order valence-corrected chi connectivity index (χ2v) is 8.20. The summed E-state index contributed by atoms with van der Waals surface area (Å²) in [4.78, 5) is 12.3. The Morgan fingerprint density at radius 2 is 1.62 bits per heavy atom. The van der Waals surface area contributed by atoms with Gasteiger partial charge in [0.25, 0.3) is 0 Å². The molecule has 1 aliphatic heterocycles. The number of hydrogen-bond acceptors (Lipinski definition) is 14. The van der Waals surface area contributed by atoms with E-state index >= 15 is 0 Å². The molecule has 1 fully saturated rings. The maximum absolute atomic E-state index is 12.3. The highest BCUT2D eigenvalue weighted by molar-refractivity contribution is 5.91. The van der Waals surface area contributed by atoms with Gasteiger partial charge < -0.3 is 64.9 Å². The number of aromatic hydroxyl groups is 3. The van der Waals surface area contributed by atoms with Crippen LogP contribution in [0.3, 0.4) is 0 Å². The van der Waals surface area contributed by atoms with Crippen molar-refractivity contribution in [2.24, 2.45) is 0 Å². The molecule has 14 nitrogen and oxygen atoms in total. The van der Waals surface area contributed by atoms with Gasteiger partial charge in [0.2, 0.25) is 6.29 Å². The number of carbonyl (C=O) groups excluding carboxylic acids is 1. The summed E-state index contributed by atoms with van der Waals surface area (Å²) in [5.74, 6) is -3.45. The van der Waals surface area contributed by atoms with Gasteiger partial charge in [-0.05, 0) is 29.8 Å². The lowest BCUT2D eigenvalue weighted by Crippen LogP contribution is -2.60. The molecular weight excluding hydrogens is 500 g/mol. The molecule has 0 aromatic heterocycles. The van der Waals surface area contributed by atoms with Gasteiger partial charge in [-0.25, -0.2) is 4.79 Å². The molecule has 7 atom stereocenters. The van der Waals surface area contributed by atoms with Crippen molar-refractivity contribution in [1.82, 2.24) is 0 Å². The number of ether oxygens (including phenoxy) is 4. The van der Waals surface area contributed by atoms with Gasteiger partial charge in [-0.15, -0.1) is 0 Å². The standard InChI is InChI=1S/C23H28O14/c1-34-14-3-2-9(17(28)13(27)7-24)6-15(14)36-23-21(32)20(31)19(30)16(37-23)8-35-22(33)10-4-11(25)18(29)12(26)5-10/h2-6,13,16-17,19-21,23-32H,7-8H2,1H3/t13-,16-,17+,19-,20+,21-,23-/m1/s1. The van der Waals surface area contributed by atoms with Crippen molar-refractivity contribution in [3.05, 3.63) is 41.5 Å². The molecule has 3 rings (SSSR count). The van der Waals surface area contributed by atoms with Gasteiger partial charge in [0.15, 0.2) is 28.7 Å². The van der Waals surface area contributed by atoms with Crippen molar-refractivity contribution < 1.29 is 69.7 Å². The van der Waals surface area contributed by atoms with Gasteiger partial charge in [-0.1, -0.05) is 6.07 Å². The molecule has 9 N–H and O–H groups in total. The largest absolute Gasteiger partial charge is 0.504 e. The van der Waals surface area contributed by atoms with Crippen LogP contribution in [0.1, 0.15) is 22.0 Å². The number of rotatable bonds is 9. The summed E-state index contributed by atoms with van der Waals surface area (Å²) < 4.78 is 21.3. The molecule has 2 aromatic rings. The molecule has 0 radical (unpaired) electrons. The number of aliphatic hydroxyl groups is 6. The SMILES string of the molecule is COc1ccc([C@H](O)[C@H](O)CO)cc1O[C@@H]1O[C@H](COC(=O)c2cc(O)c(O)c(O)c2)[C@@H](O)[C@H](O)[C@H]1O. The third kappa shape index (κ3) is 6.14. The normalized spacial score (nSPS) is 25.2. The van der Waals surface area contributed by atoms with Crippen LogP contribution in [0, 0.1) is 0 Å². The monoisotopic (exact) mass is 528 g/mol. The first kappa shape index (κ1) is 28.2. The summed E-state index contributed by atoms with van der Waals surface area (Å²) in [5.41, 5.74) is -0.217. The van der Waals surface area contributed by atoms with Gasteiger partial charge in [-0.3, -0.25) is 0 Å². The molecule has 1 heterocycles. The number of phenolic OH excluding ortho intramolecular Hbond substituents is 3. The van der Waals surface area contributed by atoms with Gasteiger partial charge in [0.1, 0.15) is 43.2 Å². The van der Waals surface area contributed by atoms with Crippen molar-refractivity contribution >= 4 is 5.97 Å². The van der Waals surface area contributed by atoms with Gasteiger partial charge in [-0.2, -0.15) is 0 Å². The number of benzene rings is 2. The lowest BCUT2D eigenvalue weighted by atomic mass is 9.99. The fraction of sp³-hybridized carbons (Fsp3) is 0.435. The van der Waals surface area contributed by atoms with E-state index in [9.17, 15) is 45.6 Å². The summed E-state index contributed by atoms with van der Waals surface area (Å²) in [5, 5.41) is 88.4. The molecule has 0 spiro atoms. The van der Waals surface area contributed by atoms with Crippen LogP contribution in [0.5, 0.6) is 28.7 Å². The van der Waals surface area contributed by atoms with E-state index in [0.717, 1.165) is 12.1 Å². The van der Waals surface area contributed by atoms with Crippen molar-refractivity contribution in [3.8, 4) is 28.7 Å². The number of methoxy groups -OCH3 is 1. The number of hydrogen-bond donors (Lipinski definition) is 9. The lowest BCUT2D eigenvalue weighted by molar-refractivity contribution is -0.277. The summed E-state index contributed by atoms with van der Waals surface area (Å²) in [6.45, 7) is -1.38. The van der Waals surface area contributed by atoms with Gasteiger partial charge in [0, 0.05) is 0 Å². The van der Waals surface area contributed by atoms with Gasteiger partial charge in [0.05, 0.1) is 19.3 Å². The van der Waals surface area contributed by atoms with Crippen molar-refractivity contribution in [1.29, 1.82) is 0 Å². The molecule has 1 saturated heterocycles. The number of phenols is 3. The van der Waals surface area contributed by atoms with Crippen LogP contribution in [-0.2, 0) is 9.47 Å². The molecule has 0 aliphatic carbocycles. The average molecular weight is 528 g/mol. The van der Waals surface area contributed by atoms with E-state index in [1.807, 2.05) is 0 Å². The summed E-state index contributed by atoms with van der Waals surface area (Å²) >= 11 is 0. The van der Waals surface area contributed by atoms with Crippen LogP contribution in [0.2, 0.25) is 0 Å². The van der Waals surface area contributed by atoms with E-state index in [2.05, 4.69) is 0 Å². The second kappa shape index (κ2) is 11.8. The quantitative estimate of drug-likeness (QED) is 0.130. The van der Waals surface area contributed by atoms with Crippen LogP contribution in [0.25, 0.3) is 0 Å². The zero-order valence-corrected chi connectivity index (χ0v) is 19.4. The molecule has 0 unspecified atom stereocenters. The minimum absolute atomic E-state index is 0.0948. The molecule has 1 aliphatic rings. The van der Waals surface area contributed by atoms with E-state index in [1.54, 1.807) is 0 Å². The highest BCUT2D eigenvalue weighted by Gasteiger charge is 2.46. The Hall–Kier alpha value is -3.37. The number of esters is 1. The van der Waals surface area contributed by atoms with E-state index in [4.69, 9.17) is 24.1 Å². The smallest absolute Gasteiger partial charge is 0.338 e. The topological polar surface area (TPSA) is 236 Å². The molecule has 204 valence electrons. The maximum atomic E-state index is 12.3. The van der Waals surface area contributed by atoms with Crippen LogP contribution >= 0.6 is 0 Å². The molecule has 0 amide bonds. The highest BCUT2D eigenvalue weighted by atomic mass is 16.7. The van der Waals surface area contributed by atoms with Crippen molar-refractivity contribution in [2.45, 2.75) is 42.9 Å². The van der Waals surface area contributed by atoms with Gasteiger partial charge >= 0.3 is 5.97 Å². The fourth-order valence-electron chi connectivity index (χ4n) is 3.53. The number of carbonyl (C=O) groups is 1. The van der Waals surface area contributed by atoms with Crippen molar-refractivity contribution in [2.75, 3.05) is 20.3 Å². The Balaban J connectivity index is 1.76. The van der Waals surface area contributed by atoms with E-state index in [1.165, 1.54) is 25.3 Å². The van der Waals surface area contributed by atoms with E-state index < -0.39 is 79.3 Å². The Bertz CT molecular complexity index is 1070. The van der Waals surface area contributed by atoms with Crippen LogP contribution in [0.4, 0.5) is 0 Å². The Labute approximate surface area is 209 Å². The van der Waals surface area contributed by atoms with E-state index in [-0.39, 0.29) is 22.6 Å². The van der Waals surface area contributed by atoms with Crippen LogP contribution < -0.4 is 9.47 Å². The summed E-state index contributed by atoms with van der Waals surface area (Å²) in [6, 6.07) is 5.69. The molecule has 0 bridgehead atoms. The minimum Gasteiger partial charge on any atom is -0.504 e. The zero-order chi connectivity index (χ0) is 27.4. The Morgan fingerprint density at radius 1 is 0.973 bits per heavy atom. The maximum Gasteiger partial charge on any atom is 0.338 e. The van der Waals surface area contributed by atoms with Crippen molar-refractivity contribution in [3.63, 3.8) is 0 Å². The summed E-state index contributed by atoms with van der Waals surface area (Å²) in [7, 11) is 1.30. The highest BCUT2D eigenvalue weighted by Crippen LogP contribution is 2.36. The first-order valence-corrected chi connectivity index (χ1v) is 10.9. The minimum atomic E-state index is -1.81. The predicted octanol–water partition coefficient (Wildman–Crippen LogP) is -1.76. The lowest BCUT2D eigenvalue weighted by Gasteiger charge is -2.40. The summed E-state index contributed by atoms with van der Waals surface area (Å²) in [6.07, 6.45) is -11.3. The first-order valence-electron chi connectivity index (χ1n) is 10.9.